The number of hydrogen-bond acceptors (Lipinski definition) is 4. The third-order valence-electron chi connectivity index (χ3n) is 4.00. The van der Waals surface area contributed by atoms with E-state index in [-0.39, 0.29) is 5.75 Å². The van der Waals surface area contributed by atoms with Crippen LogP contribution in [0.15, 0.2) is 18.2 Å². The third kappa shape index (κ3) is 4.06. The van der Waals surface area contributed by atoms with E-state index in [9.17, 15) is 13.2 Å². The van der Waals surface area contributed by atoms with Crippen LogP contribution in [0.4, 0.5) is 13.2 Å². The molecule has 0 unspecified atom stereocenters. The molecule has 8 heteroatoms. The summed E-state index contributed by atoms with van der Waals surface area (Å²) in [7, 11) is 0. The lowest BCUT2D eigenvalue weighted by Gasteiger charge is -2.26. The molecule has 1 aromatic carbocycles. The average Bonchev–Trinajstić information content (AvgIpc) is 2.79. The number of halogens is 3. The van der Waals surface area contributed by atoms with Crippen molar-refractivity contribution in [2.45, 2.75) is 32.2 Å². The summed E-state index contributed by atoms with van der Waals surface area (Å²) in [5, 5.41) is 8.07. The Morgan fingerprint density at radius 3 is 2.57 bits per heavy atom. The van der Waals surface area contributed by atoms with E-state index >= 15 is 0 Å². The number of ether oxygens (including phenoxy) is 1. The number of fused-ring (bicyclic) bond motifs is 1. The molecule has 4 nitrogen and oxygen atoms in total. The van der Waals surface area contributed by atoms with Crippen molar-refractivity contribution in [3.63, 3.8) is 0 Å². The van der Waals surface area contributed by atoms with E-state index in [1.807, 2.05) is 4.57 Å². The lowest BCUT2D eigenvalue weighted by molar-refractivity contribution is -0.274. The molecular formula is C15H18F3N3OS. The highest BCUT2D eigenvalue weighted by atomic mass is 32.1. The van der Waals surface area contributed by atoms with Crippen LogP contribution in [0.25, 0.3) is 10.2 Å². The predicted octanol–water partition coefficient (Wildman–Crippen LogP) is 3.57. The van der Waals surface area contributed by atoms with Gasteiger partial charge >= 0.3 is 6.36 Å². The lowest BCUT2D eigenvalue weighted by atomic mass is 10.1. The fourth-order valence-electron chi connectivity index (χ4n) is 2.91. The molecule has 0 amide bonds. The van der Waals surface area contributed by atoms with Crippen LogP contribution in [0.2, 0.25) is 0 Å². The largest absolute Gasteiger partial charge is 0.573 e. The summed E-state index contributed by atoms with van der Waals surface area (Å²) < 4.78 is 43.3. The van der Waals surface area contributed by atoms with Crippen molar-refractivity contribution in [1.82, 2.24) is 9.47 Å². The number of rotatable bonds is 4. The van der Waals surface area contributed by atoms with Gasteiger partial charge in [-0.15, -0.1) is 13.2 Å². The number of thiazole rings is 1. The minimum absolute atomic E-state index is 0.241. The molecule has 1 aromatic heterocycles. The van der Waals surface area contributed by atoms with Gasteiger partial charge in [-0.1, -0.05) is 17.8 Å². The Balaban J connectivity index is 1.78. The van der Waals surface area contributed by atoms with Crippen molar-refractivity contribution in [3.8, 4) is 5.75 Å². The summed E-state index contributed by atoms with van der Waals surface area (Å²) in [6.45, 7) is 3.71. The van der Waals surface area contributed by atoms with Gasteiger partial charge in [-0.3, -0.25) is 5.41 Å². The fourth-order valence-corrected chi connectivity index (χ4v) is 3.88. The van der Waals surface area contributed by atoms with Gasteiger partial charge in [0.05, 0.1) is 10.2 Å². The van der Waals surface area contributed by atoms with Crippen LogP contribution in [-0.2, 0) is 6.54 Å². The van der Waals surface area contributed by atoms with Crippen molar-refractivity contribution >= 4 is 21.6 Å². The van der Waals surface area contributed by atoms with Gasteiger partial charge in [0.15, 0.2) is 4.80 Å². The normalized spacial score (nSPS) is 16.8. The highest BCUT2D eigenvalue weighted by molar-refractivity contribution is 7.16. The first-order valence-corrected chi connectivity index (χ1v) is 8.40. The summed E-state index contributed by atoms with van der Waals surface area (Å²) in [5.41, 5.74) is 0.784. The minimum Gasteiger partial charge on any atom is -0.406 e. The maximum absolute atomic E-state index is 12.3. The Labute approximate surface area is 135 Å². The number of alkyl halides is 3. The second kappa shape index (κ2) is 6.52. The summed E-state index contributed by atoms with van der Waals surface area (Å²) in [6, 6.07) is 4.25. The Morgan fingerprint density at radius 1 is 1.13 bits per heavy atom. The molecule has 0 radical (unpaired) electrons. The van der Waals surface area contributed by atoms with E-state index in [2.05, 4.69) is 9.64 Å². The molecule has 1 fully saturated rings. The van der Waals surface area contributed by atoms with Gasteiger partial charge in [0.1, 0.15) is 5.75 Å². The van der Waals surface area contributed by atoms with Crippen LogP contribution in [0.5, 0.6) is 5.75 Å². The number of hydrogen-bond donors (Lipinski definition) is 1. The van der Waals surface area contributed by atoms with Crippen molar-refractivity contribution in [2.75, 3.05) is 19.6 Å². The molecule has 23 heavy (non-hydrogen) atoms. The summed E-state index contributed by atoms with van der Waals surface area (Å²) in [5.74, 6) is -0.241. The zero-order valence-electron chi connectivity index (χ0n) is 12.5. The minimum atomic E-state index is -4.70. The molecule has 3 rings (SSSR count). The van der Waals surface area contributed by atoms with Crippen LogP contribution < -0.4 is 9.54 Å². The molecule has 2 heterocycles. The van der Waals surface area contributed by atoms with Crippen molar-refractivity contribution in [3.05, 3.63) is 23.0 Å². The van der Waals surface area contributed by atoms with E-state index in [0.717, 1.165) is 25.2 Å². The van der Waals surface area contributed by atoms with Crippen molar-refractivity contribution < 1.29 is 17.9 Å². The van der Waals surface area contributed by atoms with Gasteiger partial charge in [-0.2, -0.15) is 0 Å². The fraction of sp³-hybridized carbons (Fsp3) is 0.533. The SMILES string of the molecule is N=c1sc2cc(OC(F)(F)F)ccc2n1CCN1CCCCC1. The van der Waals surface area contributed by atoms with Crippen LogP contribution in [0.1, 0.15) is 19.3 Å². The predicted molar refractivity (Wildman–Crippen MR) is 82.6 cm³/mol. The van der Waals surface area contributed by atoms with Gasteiger partial charge in [0.25, 0.3) is 0 Å². The zero-order chi connectivity index (χ0) is 16.4. The molecule has 0 atom stereocenters. The highest BCUT2D eigenvalue weighted by Crippen LogP contribution is 2.27. The second-order valence-electron chi connectivity index (χ2n) is 5.64. The average molecular weight is 345 g/mol. The Hall–Kier alpha value is -1.54. The molecule has 1 aliphatic heterocycles. The molecule has 2 aromatic rings. The monoisotopic (exact) mass is 345 g/mol. The Bertz CT molecular complexity index is 732. The summed E-state index contributed by atoms with van der Waals surface area (Å²) >= 11 is 1.17. The number of aromatic nitrogens is 1. The standard InChI is InChI=1S/C15H18F3N3OS/c16-15(17,18)22-11-4-5-12-13(10-11)23-14(19)21(12)9-8-20-6-2-1-3-7-20/h4-5,10,19H,1-3,6-9H2. The summed E-state index contributed by atoms with van der Waals surface area (Å²) in [4.78, 5) is 2.72. The van der Waals surface area contributed by atoms with Crippen molar-refractivity contribution in [2.24, 2.45) is 0 Å². The molecule has 0 bridgehead atoms. The molecule has 1 saturated heterocycles. The lowest BCUT2D eigenvalue weighted by Crippen LogP contribution is -2.33. The topological polar surface area (TPSA) is 41.2 Å². The molecule has 1 aliphatic rings. The maximum atomic E-state index is 12.3. The number of nitrogens with zero attached hydrogens (tertiary/aromatic N) is 2. The van der Waals surface area contributed by atoms with Gasteiger partial charge in [-0.25, -0.2) is 0 Å². The maximum Gasteiger partial charge on any atom is 0.573 e. The smallest absolute Gasteiger partial charge is 0.406 e. The molecule has 0 aliphatic carbocycles. The van der Waals surface area contributed by atoms with Gasteiger partial charge in [0.2, 0.25) is 0 Å². The number of benzene rings is 1. The van der Waals surface area contributed by atoms with Crippen molar-refractivity contribution in [1.29, 1.82) is 5.41 Å². The molecular weight excluding hydrogens is 327 g/mol. The first-order valence-electron chi connectivity index (χ1n) is 7.58. The summed E-state index contributed by atoms with van der Waals surface area (Å²) in [6.07, 6.45) is -1.00. The molecule has 126 valence electrons. The quantitative estimate of drug-likeness (QED) is 0.920. The Morgan fingerprint density at radius 2 is 1.87 bits per heavy atom. The van der Waals surface area contributed by atoms with E-state index in [1.54, 1.807) is 6.07 Å². The molecule has 1 N–H and O–H groups in total. The van der Waals surface area contributed by atoms with Crippen LogP contribution in [0, 0.1) is 5.41 Å². The number of likely N-dealkylation sites (tertiary alicyclic amines) is 1. The highest BCUT2D eigenvalue weighted by Gasteiger charge is 2.31. The zero-order valence-corrected chi connectivity index (χ0v) is 13.3. The Kier molecular flexibility index (Phi) is 4.63. The third-order valence-corrected chi connectivity index (χ3v) is 4.96. The van der Waals surface area contributed by atoms with E-state index < -0.39 is 6.36 Å². The van der Waals surface area contributed by atoms with E-state index in [4.69, 9.17) is 5.41 Å². The van der Waals surface area contributed by atoms with Gasteiger partial charge < -0.3 is 14.2 Å². The van der Waals surface area contributed by atoms with Gasteiger partial charge in [-0.05, 0) is 44.1 Å². The van der Waals surface area contributed by atoms with E-state index in [0.29, 0.717) is 16.0 Å². The van der Waals surface area contributed by atoms with Gasteiger partial charge in [0, 0.05) is 13.1 Å². The first-order chi connectivity index (χ1) is 10.9. The van der Waals surface area contributed by atoms with E-state index in [1.165, 1.54) is 42.7 Å². The first kappa shape index (κ1) is 16.3. The van der Waals surface area contributed by atoms with Crippen LogP contribution in [-0.4, -0.2) is 35.5 Å². The number of nitrogens with one attached hydrogen (secondary N) is 1. The number of piperidine rings is 1. The van der Waals surface area contributed by atoms with Crippen LogP contribution in [0.3, 0.4) is 0 Å². The molecule has 0 saturated carbocycles. The second-order valence-corrected chi connectivity index (χ2v) is 6.67. The van der Waals surface area contributed by atoms with Crippen LogP contribution >= 0.6 is 11.3 Å². The molecule has 0 spiro atoms.